The van der Waals surface area contributed by atoms with E-state index in [2.05, 4.69) is 57.2 Å². The largest absolute Gasteiger partial charge is 0.402 e. The molecule has 0 aliphatic carbocycles. The van der Waals surface area contributed by atoms with Crippen molar-refractivity contribution in [1.29, 1.82) is 0 Å². The molecule has 0 atom stereocenters. The molecule has 0 unspecified atom stereocenters. The molecular weight excluding hydrogens is 352 g/mol. The summed E-state index contributed by atoms with van der Waals surface area (Å²) in [5.74, 6) is -0.183. The van der Waals surface area contributed by atoms with E-state index in [0.717, 1.165) is 25.8 Å². The van der Waals surface area contributed by atoms with Gasteiger partial charge in [-0.2, -0.15) is 0 Å². The van der Waals surface area contributed by atoms with Crippen molar-refractivity contribution >= 4 is 16.3 Å². The van der Waals surface area contributed by atoms with E-state index in [-0.39, 0.29) is 5.97 Å². The lowest BCUT2D eigenvalue weighted by atomic mass is 10.1. The molecule has 0 amide bonds. The third-order valence-corrected chi connectivity index (χ3v) is 8.08. The minimum Gasteiger partial charge on any atom is -0.402 e. The predicted octanol–water partition coefficient (Wildman–Crippen LogP) is 6.76. The van der Waals surface area contributed by atoms with Gasteiger partial charge in [-0.3, -0.25) is 4.79 Å². The van der Waals surface area contributed by atoms with E-state index >= 15 is 0 Å². The summed E-state index contributed by atoms with van der Waals surface area (Å²) in [5.41, 5.74) is 3.52. The van der Waals surface area contributed by atoms with Crippen LogP contribution in [0.15, 0.2) is 87.5 Å². The Morgan fingerprint density at radius 2 is 1.26 bits per heavy atom. The van der Waals surface area contributed by atoms with Crippen molar-refractivity contribution in [3.8, 4) is 0 Å². The lowest BCUT2D eigenvalue weighted by Crippen LogP contribution is -2.15. The van der Waals surface area contributed by atoms with E-state index in [1.165, 1.54) is 5.56 Å². The molecule has 0 heterocycles. The number of aryl methyl sites for hydroxylation is 3. The van der Waals surface area contributed by atoms with Crippen LogP contribution in [0.1, 0.15) is 30.0 Å². The predicted molar refractivity (Wildman–Crippen MR) is 112 cm³/mol. The lowest BCUT2D eigenvalue weighted by molar-refractivity contribution is -0.133. The van der Waals surface area contributed by atoms with Gasteiger partial charge in [0, 0.05) is 21.1 Å². The van der Waals surface area contributed by atoms with E-state index in [4.69, 9.17) is 4.18 Å². The highest BCUT2D eigenvalue weighted by atomic mass is 32.3. The molecule has 3 aromatic rings. The van der Waals surface area contributed by atoms with Crippen molar-refractivity contribution in [1.82, 2.24) is 0 Å². The molecule has 140 valence electrons. The van der Waals surface area contributed by atoms with Crippen LogP contribution < -0.4 is 0 Å². The molecule has 0 spiro atoms. The van der Waals surface area contributed by atoms with Gasteiger partial charge in [0.2, 0.25) is 0 Å². The van der Waals surface area contributed by atoms with Gasteiger partial charge in [0.15, 0.2) is 0 Å². The van der Waals surface area contributed by atoms with Gasteiger partial charge in [0.25, 0.3) is 0 Å². The van der Waals surface area contributed by atoms with E-state index in [1.54, 1.807) is 0 Å². The van der Waals surface area contributed by atoms with E-state index in [9.17, 15) is 4.79 Å². The molecule has 3 rings (SSSR count). The summed E-state index contributed by atoms with van der Waals surface area (Å²) >= 11 is 0. The molecule has 0 saturated carbocycles. The Morgan fingerprint density at radius 1 is 0.815 bits per heavy atom. The Balaban J connectivity index is 2.43. The first-order valence-corrected chi connectivity index (χ1v) is 10.8. The second kappa shape index (κ2) is 8.01. The van der Waals surface area contributed by atoms with Crippen LogP contribution in [0.4, 0.5) is 0 Å². The average Bonchev–Trinajstić information content (AvgIpc) is 2.67. The number of hydrogen-bond donors (Lipinski definition) is 0. The maximum atomic E-state index is 12.6. The zero-order valence-electron chi connectivity index (χ0n) is 16.4. The van der Waals surface area contributed by atoms with Crippen LogP contribution in [0, 0.1) is 20.8 Å². The summed E-state index contributed by atoms with van der Waals surface area (Å²) in [5, 5.41) is 0. The lowest BCUT2D eigenvalue weighted by Gasteiger charge is -2.41. The minimum absolute atomic E-state index is 0.183. The molecule has 27 heavy (non-hydrogen) atoms. The van der Waals surface area contributed by atoms with Gasteiger partial charge in [0.1, 0.15) is 0 Å². The minimum atomic E-state index is -2.17. The Bertz CT molecular complexity index is 871. The highest BCUT2D eigenvalue weighted by molar-refractivity contribution is 8.30. The van der Waals surface area contributed by atoms with Crippen LogP contribution in [-0.4, -0.2) is 5.97 Å². The molecule has 2 nitrogen and oxygen atoms in total. The number of rotatable bonds is 5. The van der Waals surface area contributed by atoms with Gasteiger partial charge >= 0.3 is 5.97 Å². The standard InChI is InChI=1S/C24H26O2S/c1-5-23(25)26-27(21-12-8-6-9-13-21,22-14-10-7-11-15-22)24-19(3)16-18(2)17-20(24)4/h6-17H,5H2,1-4H3. The normalized spacial score (nSPS) is 11.9. The molecule has 0 fully saturated rings. The molecule has 0 bridgehead atoms. The first-order chi connectivity index (χ1) is 13.0. The Kier molecular flexibility index (Phi) is 5.71. The van der Waals surface area contributed by atoms with Crippen LogP contribution in [0.3, 0.4) is 0 Å². The van der Waals surface area contributed by atoms with Gasteiger partial charge in [-0.1, -0.05) is 61.0 Å². The highest BCUT2D eigenvalue weighted by Gasteiger charge is 2.37. The van der Waals surface area contributed by atoms with Crippen LogP contribution >= 0.6 is 10.3 Å². The van der Waals surface area contributed by atoms with Crippen molar-refractivity contribution in [2.45, 2.75) is 48.8 Å². The van der Waals surface area contributed by atoms with Crippen LogP contribution in [0.25, 0.3) is 0 Å². The van der Waals surface area contributed by atoms with E-state index in [1.807, 2.05) is 43.3 Å². The smallest absolute Gasteiger partial charge is 0.316 e. The molecule has 0 aliphatic heterocycles. The van der Waals surface area contributed by atoms with Crippen molar-refractivity contribution in [3.63, 3.8) is 0 Å². The number of benzene rings is 3. The summed E-state index contributed by atoms with van der Waals surface area (Å²) in [4.78, 5) is 15.8. The fourth-order valence-electron chi connectivity index (χ4n) is 3.55. The monoisotopic (exact) mass is 378 g/mol. The molecule has 0 radical (unpaired) electrons. The van der Waals surface area contributed by atoms with Crippen LogP contribution in [0.5, 0.6) is 0 Å². The SMILES string of the molecule is CCC(=O)OS(c1ccccc1)(c1ccccc1)c1c(C)cc(C)cc1C. The highest BCUT2D eigenvalue weighted by Crippen LogP contribution is 2.70. The fraction of sp³-hybridized carbons (Fsp3) is 0.208. The first-order valence-electron chi connectivity index (χ1n) is 9.22. The molecule has 3 aromatic carbocycles. The average molecular weight is 379 g/mol. The summed E-state index contributed by atoms with van der Waals surface area (Å²) < 4.78 is 6.39. The third-order valence-electron chi connectivity index (χ3n) is 4.55. The quantitative estimate of drug-likeness (QED) is 0.490. The summed E-state index contributed by atoms with van der Waals surface area (Å²) in [7, 11) is -2.17. The van der Waals surface area contributed by atoms with Crippen molar-refractivity contribution in [2.75, 3.05) is 0 Å². The van der Waals surface area contributed by atoms with E-state index < -0.39 is 10.3 Å². The van der Waals surface area contributed by atoms with Crippen molar-refractivity contribution < 1.29 is 8.98 Å². The molecule has 0 aliphatic rings. The van der Waals surface area contributed by atoms with E-state index in [0.29, 0.717) is 6.42 Å². The zero-order valence-corrected chi connectivity index (χ0v) is 17.2. The van der Waals surface area contributed by atoms with Gasteiger partial charge in [-0.15, -0.1) is 0 Å². The molecule has 0 aromatic heterocycles. The third kappa shape index (κ3) is 3.65. The molecule has 0 N–H and O–H groups in total. The molecule has 3 heteroatoms. The number of hydrogen-bond acceptors (Lipinski definition) is 2. The molecular formula is C24H26O2S. The Morgan fingerprint density at radius 3 is 1.67 bits per heavy atom. The fourth-order valence-corrected chi connectivity index (χ4v) is 7.07. The second-order valence-electron chi connectivity index (χ2n) is 6.72. The first kappa shape index (κ1) is 19.2. The number of carbonyl (C=O) groups excluding carboxylic acids is 1. The summed E-state index contributed by atoms with van der Waals surface area (Å²) in [6.45, 7) is 8.17. The summed E-state index contributed by atoms with van der Waals surface area (Å²) in [6.07, 6.45) is 0.346. The zero-order chi connectivity index (χ0) is 19.4. The molecule has 0 saturated heterocycles. The van der Waals surface area contributed by atoms with Gasteiger partial charge in [0.05, 0.1) is 0 Å². The van der Waals surface area contributed by atoms with Gasteiger partial charge in [-0.05, 0) is 66.5 Å². The van der Waals surface area contributed by atoms with Crippen molar-refractivity contribution in [2.24, 2.45) is 0 Å². The Labute approximate surface area is 163 Å². The second-order valence-corrected chi connectivity index (χ2v) is 9.35. The van der Waals surface area contributed by atoms with Crippen LogP contribution in [-0.2, 0) is 8.98 Å². The van der Waals surface area contributed by atoms with Gasteiger partial charge < -0.3 is 4.18 Å². The maximum absolute atomic E-state index is 12.6. The maximum Gasteiger partial charge on any atom is 0.316 e. The van der Waals surface area contributed by atoms with Crippen LogP contribution in [0.2, 0.25) is 0 Å². The van der Waals surface area contributed by atoms with Gasteiger partial charge in [-0.25, -0.2) is 0 Å². The number of carbonyl (C=O) groups is 1. The topological polar surface area (TPSA) is 26.3 Å². The van der Waals surface area contributed by atoms with Crippen molar-refractivity contribution in [3.05, 3.63) is 89.5 Å². The summed E-state index contributed by atoms with van der Waals surface area (Å²) in [6, 6.07) is 24.7. The Hall–Kier alpha value is -2.52.